The molecule has 0 aromatic heterocycles. The molecule has 0 aliphatic carbocycles. The van der Waals surface area contributed by atoms with Crippen LogP contribution in [0.1, 0.15) is 11.1 Å². The Morgan fingerprint density at radius 3 is 1.46 bits per heavy atom. The lowest BCUT2D eigenvalue weighted by atomic mass is 10.00. The number of hydrogen-bond acceptors (Lipinski definition) is 4. The Kier molecular flexibility index (Phi) is 9.89. The van der Waals surface area contributed by atoms with Crippen LogP contribution < -0.4 is 21.5 Å². The highest BCUT2D eigenvalue weighted by Gasteiger charge is 2.28. The molecule has 0 spiro atoms. The van der Waals surface area contributed by atoms with Crippen molar-refractivity contribution in [3.05, 3.63) is 71.5 Å². The van der Waals surface area contributed by atoms with E-state index in [0.717, 1.165) is 12.1 Å². The number of halogens is 7. The molecule has 0 saturated heterocycles. The molecule has 0 atom stereocenters. The summed E-state index contributed by atoms with van der Waals surface area (Å²) in [5.74, 6) is -0.572. The van der Waals surface area contributed by atoms with E-state index < -0.39 is 41.5 Å². The zero-order chi connectivity index (χ0) is 26.1. The number of nitrogens with one attached hydrogen (secondary N) is 4. The molecule has 0 aliphatic rings. The van der Waals surface area contributed by atoms with Crippen molar-refractivity contribution in [2.45, 2.75) is 12.4 Å². The Morgan fingerprint density at radius 2 is 1.06 bits per heavy atom. The topological polar surface area (TPSA) is 72.8 Å². The van der Waals surface area contributed by atoms with Crippen LogP contribution in [-0.4, -0.2) is 47.1 Å². The average molecular weight is 539 g/mol. The smallest absolute Gasteiger partial charge is 0.352 e. The standard InChI is InChI=1S/C20H17F7N6S2/c21-14-8-6-13(7-9-14)16(31-33-18(35)29-11-20(25,26)27)15(12-4-2-1-3-5-12)30-32-17(34)28-10-19(22,23)24/h1-9H,10-11H2,(H2,28,32,34)(H2,29,33,35)/b30-15+,31-16+. The van der Waals surface area contributed by atoms with Gasteiger partial charge in [-0.2, -0.15) is 36.5 Å². The maximum atomic E-state index is 13.5. The third-order valence-electron chi connectivity index (χ3n) is 3.83. The van der Waals surface area contributed by atoms with Crippen molar-refractivity contribution in [2.75, 3.05) is 13.1 Å². The van der Waals surface area contributed by atoms with Crippen molar-refractivity contribution in [3.63, 3.8) is 0 Å². The van der Waals surface area contributed by atoms with Gasteiger partial charge in [0.25, 0.3) is 0 Å². The van der Waals surface area contributed by atoms with Crippen LogP contribution in [0.25, 0.3) is 0 Å². The lowest BCUT2D eigenvalue weighted by molar-refractivity contribution is -0.122. The Bertz CT molecular complexity index is 1070. The van der Waals surface area contributed by atoms with Crippen LogP contribution >= 0.6 is 24.4 Å². The summed E-state index contributed by atoms with van der Waals surface area (Å²) < 4.78 is 88.1. The highest BCUT2D eigenvalue weighted by molar-refractivity contribution is 7.80. The molecule has 0 amide bonds. The maximum absolute atomic E-state index is 13.5. The molecule has 0 unspecified atom stereocenters. The van der Waals surface area contributed by atoms with Crippen LogP contribution in [-0.2, 0) is 0 Å². The predicted molar refractivity (Wildman–Crippen MR) is 125 cm³/mol. The number of alkyl halides is 6. The Morgan fingerprint density at radius 1 is 0.657 bits per heavy atom. The van der Waals surface area contributed by atoms with Crippen LogP contribution in [0.15, 0.2) is 64.8 Å². The summed E-state index contributed by atoms with van der Waals surface area (Å²) in [5.41, 5.74) is 5.18. The molecule has 2 aromatic rings. The largest absolute Gasteiger partial charge is 0.405 e. The number of benzene rings is 2. The third-order valence-corrected chi connectivity index (χ3v) is 4.30. The molecular formula is C20H17F7N6S2. The van der Waals surface area contributed by atoms with E-state index in [-0.39, 0.29) is 17.0 Å². The minimum Gasteiger partial charge on any atom is -0.352 e. The molecule has 2 rings (SSSR count). The molecule has 15 heteroatoms. The first-order valence-corrected chi connectivity index (χ1v) is 10.3. The summed E-state index contributed by atoms with van der Waals surface area (Å²) >= 11 is 9.62. The van der Waals surface area contributed by atoms with Crippen LogP contribution in [0.3, 0.4) is 0 Å². The summed E-state index contributed by atoms with van der Waals surface area (Å²) in [5, 5.41) is 11.0. The van der Waals surface area contributed by atoms with Crippen LogP contribution in [0.2, 0.25) is 0 Å². The van der Waals surface area contributed by atoms with Gasteiger partial charge in [0, 0.05) is 11.1 Å². The second kappa shape index (κ2) is 12.4. The zero-order valence-corrected chi connectivity index (χ0v) is 19.1. The lowest BCUT2D eigenvalue weighted by Gasteiger charge is -2.15. The number of thiocarbonyl (C=S) groups is 2. The fraction of sp³-hybridized carbons (Fsp3) is 0.200. The molecule has 0 heterocycles. The van der Waals surface area contributed by atoms with Gasteiger partial charge in [0.05, 0.1) is 0 Å². The molecular weight excluding hydrogens is 521 g/mol. The van der Waals surface area contributed by atoms with Crippen molar-refractivity contribution >= 4 is 46.1 Å². The first-order chi connectivity index (χ1) is 16.3. The SMILES string of the molecule is Fc1ccc(C(=N\NC(=S)NCC(F)(F)F)/C(=N/NC(=S)NCC(F)(F)F)c2ccccc2)cc1. The Balaban J connectivity index is 2.42. The van der Waals surface area contributed by atoms with Crippen molar-refractivity contribution in [1.29, 1.82) is 0 Å². The van der Waals surface area contributed by atoms with Crippen LogP contribution in [0, 0.1) is 5.82 Å². The average Bonchev–Trinajstić information content (AvgIpc) is 2.79. The minimum atomic E-state index is -4.53. The van der Waals surface area contributed by atoms with Gasteiger partial charge in [-0.15, -0.1) is 0 Å². The molecule has 4 N–H and O–H groups in total. The van der Waals surface area contributed by atoms with Crippen molar-refractivity contribution in [2.24, 2.45) is 10.2 Å². The van der Waals surface area contributed by atoms with E-state index in [0.29, 0.717) is 5.56 Å². The third kappa shape index (κ3) is 10.6. The molecule has 35 heavy (non-hydrogen) atoms. The highest BCUT2D eigenvalue weighted by Crippen LogP contribution is 2.14. The second-order valence-electron chi connectivity index (χ2n) is 6.61. The molecule has 188 valence electrons. The van der Waals surface area contributed by atoms with Gasteiger partial charge in [0.2, 0.25) is 0 Å². The Hall–Kier alpha value is -3.33. The summed E-state index contributed by atoms with van der Waals surface area (Å²) in [7, 11) is 0. The molecule has 6 nitrogen and oxygen atoms in total. The maximum Gasteiger partial charge on any atom is 0.405 e. The van der Waals surface area contributed by atoms with Gasteiger partial charge >= 0.3 is 12.4 Å². The Labute approximate surface area is 205 Å². The number of rotatable bonds is 7. The second-order valence-corrected chi connectivity index (χ2v) is 7.43. The first-order valence-electron chi connectivity index (χ1n) is 9.52. The fourth-order valence-corrected chi connectivity index (χ4v) is 2.60. The van der Waals surface area contributed by atoms with Gasteiger partial charge < -0.3 is 10.6 Å². The van der Waals surface area contributed by atoms with Crippen molar-refractivity contribution < 1.29 is 30.7 Å². The van der Waals surface area contributed by atoms with Gasteiger partial charge in [-0.3, -0.25) is 10.9 Å². The van der Waals surface area contributed by atoms with E-state index in [1.54, 1.807) is 30.3 Å². The van der Waals surface area contributed by atoms with Gasteiger partial charge in [-0.25, -0.2) is 4.39 Å². The van der Waals surface area contributed by atoms with Gasteiger partial charge in [0.15, 0.2) is 10.2 Å². The quantitative estimate of drug-likeness (QED) is 0.185. The molecule has 0 fully saturated rings. The summed E-state index contributed by atoms with van der Waals surface area (Å²) in [6.07, 6.45) is -9.06. The summed E-state index contributed by atoms with van der Waals surface area (Å²) in [6.45, 7) is -2.82. The number of nitrogens with zero attached hydrogens (tertiary/aromatic N) is 2. The number of hydrogen-bond donors (Lipinski definition) is 4. The van der Waals surface area contributed by atoms with Crippen molar-refractivity contribution in [1.82, 2.24) is 21.5 Å². The molecule has 0 radical (unpaired) electrons. The van der Waals surface area contributed by atoms with E-state index in [4.69, 9.17) is 24.4 Å². The van der Waals surface area contributed by atoms with E-state index in [1.807, 2.05) is 10.6 Å². The highest BCUT2D eigenvalue weighted by atomic mass is 32.1. The molecule has 2 aromatic carbocycles. The van der Waals surface area contributed by atoms with E-state index in [2.05, 4.69) is 21.1 Å². The van der Waals surface area contributed by atoms with Gasteiger partial charge in [-0.05, 0) is 48.7 Å². The van der Waals surface area contributed by atoms with E-state index in [9.17, 15) is 30.7 Å². The zero-order valence-electron chi connectivity index (χ0n) is 17.5. The van der Waals surface area contributed by atoms with Crippen LogP contribution in [0.4, 0.5) is 30.7 Å². The van der Waals surface area contributed by atoms with Crippen molar-refractivity contribution in [3.8, 4) is 0 Å². The summed E-state index contributed by atoms with van der Waals surface area (Å²) in [4.78, 5) is 0. The fourth-order valence-electron chi connectivity index (χ4n) is 2.37. The lowest BCUT2D eigenvalue weighted by Crippen LogP contribution is -2.40. The number of hydrazone groups is 2. The molecule has 0 bridgehead atoms. The predicted octanol–water partition coefficient (Wildman–Crippen LogP) is 3.99. The minimum absolute atomic E-state index is 0.0134. The van der Waals surface area contributed by atoms with Crippen LogP contribution in [0.5, 0.6) is 0 Å². The van der Waals surface area contributed by atoms with E-state index >= 15 is 0 Å². The van der Waals surface area contributed by atoms with Gasteiger partial charge in [0.1, 0.15) is 30.3 Å². The summed E-state index contributed by atoms with van der Waals surface area (Å²) in [6, 6.07) is 13.0. The van der Waals surface area contributed by atoms with E-state index in [1.165, 1.54) is 12.1 Å². The van der Waals surface area contributed by atoms with Gasteiger partial charge in [-0.1, -0.05) is 30.3 Å². The monoisotopic (exact) mass is 538 g/mol. The molecule has 0 saturated carbocycles. The molecule has 0 aliphatic heterocycles. The first kappa shape index (κ1) is 27.9. The normalized spacial score (nSPS) is 12.7.